The Morgan fingerprint density at radius 3 is 2.22 bits per heavy atom. The zero-order valence-corrected chi connectivity index (χ0v) is 15.3. The van der Waals surface area contributed by atoms with Crippen LogP contribution >= 0.6 is 0 Å². The molecule has 3 heteroatoms. The van der Waals surface area contributed by atoms with Gasteiger partial charge in [-0.2, -0.15) is 0 Å². The number of rotatable bonds is 5. The molecule has 0 spiro atoms. The number of para-hydroxylation sites is 1. The summed E-state index contributed by atoms with van der Waals surface area (Å²) in [5.74, 6) is -0.104. The van der Waals surface area contributed by atoms with Crippen LogP contribution in [-0.2, 0) is 0 Å². The SMILES string of the molecule is Cc1ccc(C(=O)C=Cc2ccccc2OC(=O)c2ccccc2C)cc1. The number of carbonyl (C=O) groups is 2. The average Bonchev–Trinajstić information content (AvgIpc) is 2.68. The fourth-order valence-corrected chi connectivity index (χ4v) is 2.65. The number of ketones is 1. The summed E-state index contributed by atoms with van der Waals surface area (Å²) >= 11 is 0. The van der Waals surface area contributed by atoms with Crippen molar-refractivity contribution in [2.24, 2.45) is 0 Å². The van der Waals surface area contributed by atoms with E-state index in [1.165, 1.54) is 6.08 Å². The normalized spacial score (nSPS) is 10.7. The highest BCUT2D eigenvalue weighted by molar-refractivity contribution is 6.07. The molecule has 0 saturated heterocycles. The highest BCUT2D eigenvalue weighted by atomic mass is 16.5. The lowest BCUT2D eigenvalue weighted by Crippen LogP contribution is -2.10. The number of hydrogen-bond donors (Lipinski definition) is 0. The minimum Gasteiger partial charge on any atom is -0.422 e. The Morgan fingerprint density at radius 2 is 1.48 bits per heavy atom. The van der Waals surface area contributed by atoms with Gasteiger partial charge < -0.3 is 4.74 Å². The lowest BCUT2D eigenvalue weighted by Gasteiger charge is -2.09. The maximum atomic E-state index is 12.5. The van der Waals surface area contributed by atoms with Gasteiger partial charge in [0.2, 0.25) is 0 Å². The van der Waals surface area contributed by atoms with Crippen molar-refractivity contribution in [3.63, 3.8) is 0 Å². The minimum atomic E-state index is -0.418. The molecule has 134 valence electrons. The van der Waals surface area contributed by atoms with E-state index >= 15 is 0 Å². The summed E-state index contributed by atoms with van der Waals surface area (Å²) in [7, 11) is 0. The first-order valence-electron chi connectivity index (χ1n) is 8.70. The van der Waals surface area contributed by atoms with E-state index in [9.17, 15) is 9.59 Å². The van der Waals surface area contributed by atoms with Gasteiger partial charge in [0.05, 0.1) is 5.56 Å². The molecule has 0 radical (unpaired) electrons. The number of ether oxygens (including phenoxy) is 1. The molecule has 3 aromatic rings. The summed E-state index contributed by atoms with van der Waals surface area (Å²) < 4.78 is 5.56. The molecule has 0 aromatic heterocycles. The van der Waals surface area contributed by atoms with E-state index in [2.05, 4.69) is 0 Å². The monoisotopic (exact) mass is 356 g/mol. The summed E-state index contributed by atoms with van der Waals surface area (Å²) in [6.07, 6.45) is 3.16. The predicted octanol–water partition coefficient (Wildman–Crippen LogP) is 5.42. The standard InChI is InChI=1S/C24H20O3/c1-17-11-13-19(14-12-17)22(25)16-15-20-8-4-6-10-23(20)27-24(26)21-9-5-3-7-18(21)2/h3-16H,1-2H3. The molecule has 0 saturated carbocycles. The fraction of sp³-hybridized carbons (Fsp3) is 0.0833. The van der Waals surface area contributed by atoms with Crippen LogP contribution in [0.1, 0.15) is 37.4 Å². The molecule has 0 amide bonds. The largest absolute Gasteiger partial charge is 0.422 e. The van der Waals surface area contributed by atoms with Crippen LogP contribution in [0.25, 0.3) is 6.08 Å². The lowest BCUT2D eigenvalue weighted by atomic mass is 10.1. The van der Waals surface area contributed by atoms with Gasteiger partial charge in [-0.15, -0.1) is 0 Å². The lowest BCUT2D eigenvalue weighted by molar-refractivity contribution is 0.0733. The first kappa shape index (κ1) is 18.3. The van der Waals surface area contributed by atoms with E-state index in [-0.39, 0.29) is 5.78 Å². The smallest absolute Gasteiger partial charge is 0.343 e. The van der Waals surface area contributed by atoms with E-state index < -0.39 is 5.97 Å². The highest BCUT2D eigenvalue weighted by Crippen LogP contribution is 2.22. The third-order valence-corrected chi connectivity index (χ3v) is 4.24. The van der Waals surface area contributed by atoms with Crippen molar-refractivity contribution in [1.82, 2.24) is 0 Å². The van der Waals surface area contributed by atoms with Gasteiger partial charge in [0.15, 0.2) is 5.78 Å². The minimum absolute atomic E-state index is 0.102. The number of hydrogen-bond acceptors (Lipinski definition) is 3. The summed E-state index contributed by atoms with van der Waals surface area (Å²) in [4.78, 5) is 24.8. The van der Waals surface area contributed by atoms with Crippen molar-refractivity contribution in [3.8, 4) is 5.75 Å². The number of esters is 1. The van der Waals surface area contributed by atoms with Crippen molar-refractivity contribution < 1.29 is 14.3 Å². The molecule has 0 aliphatic heterocycles. The van der Waals surface area contributed by atoms with Gasteiger partial charge in [0.25, 0.3) is 0 Å². The number of benzene rings is 3. The fourth-order valence-electron chi connectivity index (χ4n) is 2.65. The van der Waals surface area contributed by atoms with Gasteiger partial charge in [-0.05, 0) is 43.7 Å². The van der Waals surface area contributed by atoms with Crippen molar-refractivity contribution in [2.75, 3.05) is 0 Å². The Balaban J connectivity index is 1.80. The third-order valence-electron chi connectivity index (χ3n) is 4.24. The second kappa shape index (κ2) is 8.28. The Kier molecular flexibility index (Phi) is 5.62. The van der Waals surface area contributed by atoms with Crippen LogP contribution < -0.4 is 4.74 Å². The summed E-state index contributed by atoms with van der Waals surface area (Å²) in [6.45, 7) is 3.84. The number of allylic oxidation sites excluding steroid dienone is 1. The summed E-state index contributed by atoms with van der Waals surface area (Å²) in [5, 5.41) is 0. The molecular weight excluding hydrogens is 336 g/mol. The molecule has 0 N–H and O–H groups in total. The number of aryl methyl sites for hydroxylation is 2. The van der Waals surface area contributed by atoms with Crippen molar-refractivity contribution >= 4 is 17.8 Å². The summed E-state index contributed by atoms with van der Waals surface area (Å²) in [5.41, 5.74) is 3.76. The van der Waals surface area contributed by atoms with Gasteiger partial charge in [-0.1, -0.05) is 66.2 Å². The quantitative estimate of drug-likeness (QED) is 0.265. The van der Waals surface area contributed by atoms with E-state index in [0.29, 0.717) is 22.4 Å². The van der Waals surface area contributed by atoms with Crippen LogP contribution in [0, 0.1) is 13.8 Å². The molecule has 0 unspecified atom stereocenters. The maximum absolute atomic E-state index is 12.5. The molecule has 3 nitrogen and oxygen atoms in total. The molecule has 0 atom stereocenters. The second-order valence-electron chi connectivity index (χ2n) is 6.31. The molecule has 3 aromatic carbocycles. The topological polar surface area (TPSA) is 43.4 Å². The Morgan fingerprint density at radius 1 is 0.815 bits per heavy atom. The first-order chi connectivity index (χ1) is 13.0. The Hall–Kier alpha value is -3.46. The summed E-state index contributed by atoms with van der Waals surface area (Å²) in [6, 6.07) is 21.8. The van der Waals surface area contributed by atoms with E-state index in [1.54, 1.807) is 48.5 Å². The molecule has 27 heavy (non-hydrogen) atoms. The van der Waals surface area contributed by atoms with Crippen LogP contribution in [0.2, 0.25) is 0 Å². The molecule has 0 fully saturated rings. The van der Waals surface area contributed by atoms with Crippen LogP contribution in [-0.4, -0.2) is 11.8 Å². The third kappa shape index (κ3) is 4.59. The maximum Gasteiger partial charge on any atom is 0.343 e. The predicted molar refractivity (Wildman–Crippen MR) is 107 cm³/mol. The molecule has 3 rings (SSSR count). The molecular formula is C24H20O3. The van der Waals surface area contributed by atoms with Crippen LogP contribution in [0.3, 0.4) is 0 Å². The first-order valence-corrected chi connectivity index (χ1v) is 8.70. The number of carbonyl (C=O) groups excluding carboxylic acids is 2. The Bertz CT molecular complexity index is 998. The van der Waals surface area contributed by atoms with Gasteiger partial charge >= 0.3 is 5.97 Å². The Labute approximate surface area is 158 Å². The molecule has 0 aliphatic carbocycles. The van der Waals surface area contributed by atoms with Crippen LogP contribution in [0.5, 0.6) is 5.75 Å². The van der Waals surface area contributed by atoms with Gasteiger partial charge in [0.1, 0.15) is 5.75 Å². The van der Waals surface area contributed by atoms with Gasteiger partial charge in [-0.25, -0.2) is 4.79 Å². The van der Waals surface area contributed by atoms with Gasteiger partial charge in [-0.3, -0.25) is 4.79 Å². The van der Waals surface area contributed by atoms with E-state index in [0.717, 1.165) is 11.1 Å². The van der Waals surface area contributed by atoms with Crippen molar-refractivity contribution in [1.29, 1.82) is 0 Å². The van der Waals surface area contributed by atoms with Crippen molar-refractivity contribution in [3.05, 3.63) is 107 Å². The van der Waals surface area contributed by atoms with Crippen molar-refractivity contribution in [2.45, 2.75) is 13.8 Å². The average molecular weight is 356 g/mol. The molecule has 0 aliphatic rings. The van der Waals surface area contributed by atoms with Crippen LogP contribution in [0.4, 0.5) is 0 Å². The second-order valence-corrected chi connectivity index (χ2v) is 6.31. The highest BCUT2D eigenvalue weighted by Gasteiger charge is 2.12. The zero-order valence-electron chi connectivity index (χ0n) is 15.3. The van der Waals surface area contributed by atoms with Crippen LogP contribution in [0.15, 0.2) is 78.9 Å². The van der Waals surface area contributed by atoms with E-state index in [4.69, 9.17) is 4.74 Å². The zero-order chi connectivity index (χ0) is 19.2. The van der Waals surface area contributed by atoms with Gasteiger partial charge in [0, 0.05) is 11.1 Å². The molecule has 0 heterocycles. The molecule has 0 bridgehead atoms. The van der Waals surface area contributed by atoms with E-state index in [1.807, 2.05) is 44.2 Å².